The Hall–Kier alpha value is -1.60. The minimum atomic E-state index is -0.150. The van der Waals surface area contributed by atoms with Crippen LogP contribution < -0.4 is 10.9 Å². The Morgan fingerprint density at radius 2 is 2.26 bits per heavy atom. The predicted octanol–water partition coefficient (Wildman–Crippen LogP) is 2.46. The van der Waals surface area contributed by atoms with Crippen LogP contribution in [0.3, 0.4) is 0 Å². The molecule has 0 radical (unpaired) electrons. The molecule has 0 aliphatic carbocycles. The number of hydrogen-bond acceptors (Lipinski definition) is 4. The molecule has 23 heavy (non-hydrogen) atoms. The summed E-state index contributed by atoms with van der Waals surface area (Å²) in [5.41, 5.74) is 0.574. The van der Waals surface area contributed by atoms with Gasteiger partial charge in [-0.2, -0.15) is 11.8 Å². The zero-order valence-electron chi connectivity index (χ0n) is 12.7. The van der Waals surface area contributed by atoms with Crippen molar-refractivity contribution in [1.29, 1.82) is 0 Å². The molecule has 1 amide bonds. The van der Waals surface area contributed by atoms with Gasteiger partial charge in [0.15, 0.2) is 4.77 Å². The summed E-state index contributed by atoms with van der Waals surface area (Å²) >= 11 is 7.16. The number of aromatic amines is 1. The quantitative estimate of drug-likeness (QED) is 0.814. The number of thioether (sulfide) groups is 1. The first kappa shape index (κ1) is 16.3. The van der Waals surface area contributed by atoms with Crippen LogP contribution in [0.25, 0.3) is 10.9 Å². The van der Waals surface area contributed by atoms with Crippen molar-refractivity contribution in [3.05, 3.63) is 39.4 Å². The van der Waals surface area contributed by atoms with Gasteiger partial charge in [-0.3, -0.25) is 14.2 Å². The van der Waals surface area contributed by atoms with Gasteiger partial charge in [0.1, 0.15) is 0 Å². The summed E-state index contributed by atoms with van der Waals surface area (Å²) in [6.45, 7) is 1.01. The molecule has 0 bridgehead atoms. The molecule has 1 aromatic heterocycles. The maximum atomic E-state index is 12.5. The number of H-pyrrole nitrogens is 1. The van der Waals surface area contributed by atoms with E-state index in [-0.39, 0.29) is 17.9 Å². The summed E-state index contributed by atoms with van der Waals surface area (Å²) in [4.78, 5) is 27.5. The van der Waals surface area contributed by atoms with Crippen LogP contribution in [0.15, 0.2) is 29.1 Å². The van der Waals surface area contributed by atoms with E-state index in [4.69, 9.17) is 12.2 Å². The van der Waals surface area contributed by atoms with Gasteiger partial charge in [-0.1, -0.05) is 12.1 Å². The Bertz CT molecular complexity index is 822. The van der Waals surface area contributed by atoms with Gasteiger partial charge >= 0.3 is 0 Å². The molecule has 122 valence electrons. The molecular weight excluding hydrogens is 330 g/mol. The lowest BCUT2D eigenvalue weighted by Crippen LogP contribution is -2.32. The van der Waals surface area contributed by atoms with Crippen molar-refractivity contribution < 1.29 is 4.79 Å². The molecule has 5 nitrogen and oxygen atoms in total. The van der Waals surface area contributed by atoms with Gasteiger partial charge in [-0.15, -0.1) is 0 Å². The van der Waals surface area contributed by atoms with E-state index in [1.54, 1.807) is 6.07 Å². The molecule has 1 aliphatic rings. The Morgan fingerprint density at radius 1 is 1.43 bits per heavy atom. The van der Waals surface area contributed by atoms with Gasteiger partial charge in [0.2, 0.25) is 5.91 Å². The number of nitrogens with one attached hydrogen (secondary N) is 2. The van der Waals surface area contributed by atoms with Crippen LogP contribution in [0.5, 0.6) is 0 Å². The van der Waals surface area contributed by atoms with E-state index >= 15 is 0 Å². The summed E-state index contributed by atoms with van der Waals surface area (Å²) < 4.78 is 1.81. The van der Waals surface area contributed by atoms with Crippen molar-refractivity contribution in [2.75, 3.05) is 12.3 Å². The highest BCUT2D eigenvalue weighted by Crippen LogP contribution is 2.25. The SMILES string of the molecule is O=C(CCn1c(=S)[nH]c2ccccc2c1=O)NCC1CCCS1. The third-order valence-electron chi connectivity index (χ3n) is 4.00. The van der Waals surface area contributed by atoms with Crippen molar-refractivity contribution in [3.63, 3.8) is 0 Å². The fraction of sp³-hybridized carbons (Fsp3) is 0.438. The number of aromatic nitrogens is 2. The molecule has 2 aromatic rings. The zero-order valence-corrected chi connectivity index (χ0v) is 14.3. The topological polar surface area (TPSA) is 66.9 Å². The molecule has 1 aliphatic heterocycles. The second-order valence-corrected chi connectivity index (χ2v) is 7.42. The molecule has 1 unspecified atom stereocenters. The normalized spacial score (nSPS) is 17.5. The fourth-order valence-electron chi connectivity index (χ4n) is 2.74. The van der Waals surface area contributed by atoms with Crippen LogP contribution in [0.2, 0.25) is 0 Å². The molecule has 2 N–H and O–H groups in total. The maximum absolute atomic E-state index is 12.5. The Kier molecular flexibility index (Phi) is 5.17. The number of benzene rings is 1. The fourth-order valence-corrected chi connectivity index (χ4v) is 4.22. The van der Waals surface area contributed by atoms with Crippen molar-refractivity contribution in [2.45, 2.75) is 31.1 Å². The second kappa shape index (κ2) is 7.31. The molecule has 7 heteroatoms. The summed E-state index contributed by atoms with van der Waals surface area (Å²) in [6.07, 6.45) is 2.65. The Balaban J connectivity index is 1.65. The molecule has 1 saturated heterocycles. The Morgan fingerprint density at radius 3 is 3.04 bits per heavy atom. The van der Waals surface area contributed by atoms with Gasteiger partial charge in [0.25, 0.3) is 5.56 Å². The standard InChI is InChI=1S/C16H19N3O2S2/c20-14(17-10-11-4-3-9-23-11)7-8-19-15(21)12-5-1-2-6-13(12)18-16(19)22/h1-2,5-6,11H,3-4,7-10H2,(H,17,20)(H,18,22). The van der Waals surface area contributed by atoms with Crippen LogP contribution in [0.4, 0.5) is 0 Å². The third-order valence-corrected chi connectivity index (χ3v) is 5.72. The van der Waals surface area contributed by atoms with Crippen LogP contribution >= 0.6 is 24.0 Å². The summed E-state index contributed by atoms with van der Waals surface area (Å²) in [5, 5.41) is 4.07. The number of rotatable bonds is 5. The van der Waals surface area contributed by atoms with Crippen molar-refractivity contribution in [2.24, 2.45) is 0 Å². The maximum Gasteiger partial charge on any atom is 0.262 e. The molecule has 1 atom stereocenters. The molecule has 2 heterocycles. The van der Waals surface area contributed by atoms with Crippen LogP contribution in [0, 0.1) is 4.77 Å². The molecule has 3 rings (SSSR count). The minimum Gasteiger partial charge on any atom is -0.355 e. The third kappa shape index (κ3) is 3.84. The van der Waals surface area contributed by atoms with Gasteiger partial charge in [-0.05, 0) is 42.9 Å². The number of carbonyl (C=O) groups is 1. The van der Waals surface area contributed by atoms with E-state index in [0.29, 0.717) is 28.5 Å². The summed E-state index contributed by atoms with van der Waals surface area (Å²) in [6, 6.07) is 7.25. The van der Waals surface area contributed by atoms with Crippen LogP contribution in [-0.4, -0.2) is 33.0 Å². The van der Waals surface area contributed by atoms with Gasteiger partial charge < -0.3 is 10.3 Å². The molecular formula is C16H19N3O2S2. The highest BCUT2D eigenvalue weighted by atomic mass is 32.2. The molecule has 1 fully saturated rings. The first-order chi connectivity index (χ1) is 11.1. The Labute approximate surface area is 143 Å². The number of para-hydroxylation sites is 1. The smallest absolute Gasteiger partial charge is 0.262 e. The van der Waals surface area contributed by atoms with Crippen molar-refractivity contribution >= 4 is 40.8 Å². The number of amides is 1. The van der Waals surface area contributed by atoms with E-state index in [9.17, 15) is 9.59 Å². The van der Waals surface area contributed by atoms with Crippen LogP contribution in [-0.2, 0) is 11.3 Å². The van der Waals surface area contributed by atoms with Crippen LogP contribution in [0.1, 0.15) is 19.3 Å². The van der Waals surface area contributed by atoms with Crippen molar-refractivity contribution in [1.82, 2.24) is 14.9 Å². The predicted molar refractivity (Wildman–Crippen MR) is 96.5 cm³/mol. The monoisotopic (exact) mass is 349 g/mol. The summed E-state index contributed by atoms with van der Waals surface area (Å²) in [5.74, 6) is 1.15. The summed E-state index contributed by atoms with van der Waals surface area (Å²) in [7, 11) is 0. The van der Waals surface area contributed by atoms with Gasteiger partial charge in [0, 0.05) is 24.8 Å². The van der Waals surface area contributed by atoms with E-state index in [1.807, 2.05) is 30.0 Å². The largest absolute Gasteiger partial charge is 0.355 e. The van der Waals surface area contributed by atoms with Gasteiger partial charge in [-0.25, -0.2) is 0 Å². The number of nitrogens with zero attached hydrogens (tertiary/aromatic N) is 1. The lowest BCUT2D eigenvalue weighted by Gasteiger charge is -2.11. The number of fused-ring (bicyclic) bond motifs is 1. The second-order valence-electron chi connectivity index (χ2n) is 5.62. The van der Waals surface area contributed by atoms with E-state index in [0.717, 1.165) is 5.52 Å². The molecule has 1 aromatic carbocycles. The zero-order chi connectivity index (χ0) is 16.2. The highest BCUT2D eigenvalue weighted by molar-refractivity contribution is 8.00. The minimum absolute atomic E-state index is 0.0352. The van der Waals surface area contributed by atoms with E-state index in [2.05, 4.69) is 10.3 Å². The lowest BCUT2D eigenvalue weighted by atomic mass is 10.2. The number of carbonyl (C=O) groups excluding carboxylic acids is 1. The van der Waals surface area contributed by atoms with Gasteiger partial charge in [0.05, 0.1) is 10.9 Å². The van der Waals surface area contributed by atoms with Crippen molar-refractivity contribution in [3.8, 4) is 0 Å². The number of hydrogen-bond donors (Lipinski definition) is 2. The van der Waals surface area contributed by atoms with E-state index < -0.39 is 0 Å². The average molecular weight is 349 g/mol. The molecule has 0 spiro atoms. The highest BCUT2D eigenvalue weighted by Gasteiger charge is 2.16. The van der Waals surface area contributed by atoms with E-state index in [1.165, 1.54) is 23.2 Å². The first-order valence-corrected chi connectivity index (χ1v) is 9.21. The lowest BCUT2D eigenvalue weighted by molar-refractivity contribution is -0.121. The molecule has 0 saturated carbocycles. The first-order valence-electron chi connectivity index (χ1n) is 7.75. The average Bonchev–Trinajstić information content (AvgIpc) is 3.06.